The molecule has 0 N–H and O–H groups in total. The van der Waals surface area contributed by atoms with Gasteiger partial charge in [-0.2, -0.15) is 18.3 Å². The van der Waals surface area contributed by atoms with Crippen LogP contribution in [0.5, 0.6) is 0 Å². The summed E-state index contributed by atoms with van der Waals surface area (Å²) in [6.45, 7) is 10.6. The quantitative estimate of drug-likeness (QED) is 0.798. The van der Waals surface area contributed by atoms with Gasteiger partial charge in [-0.05, 0) is 45.9 Å². The Kier molecular flexibility index (Phi) is 5.52. The number of amides is 1. The van der Waals surface area contributed by atoms with Crippen LogP contribution in [-0.2, 0) is 6.18 Å². The molecule has 1 amide bonds. The molecule has 0 saturated carbocycles. The van der Waals surface area contributed by atoms with Crippen molar-refractivity contribution >= 4 is 5.91 Å². The summed E-state index contributed by atoms with van der Waals surface area (Å²) in [6, 6.07) is 5.42. The Morgan fingerprint density at radius 3 is 2.32 bits per heavy atom. The zero-order valence-corrected chi connectivity index (χ0v) is 16.5. The molecular formula is C20H25F3N4O. The lowest BCUT2D eigenvalue weighted by molar-refractivity contribution is -0.137. The summed E-state index contributed by atoms with van der Waals surface area (Å²) < 4.78 is 40.5. The number of carbonyl (C=O) groups excluding carboxylic acids is 1. The lowest BCUT2D eigenvalue weighted by Crippen LogP contribution is -2.50. The molecule has 152 valence electrons. The Bertz CT molecular complexity index is 865. The third-order valence-electron chi connectivity index (χ3n) is 5.25. The van der Waals surface area contributed by atoms with Crippen molar-refractivity contribution < 1.29 is 18.0 Å². The lowest BCUT2D eigenvalue weighted by atomic mass is 10.1. The molecular weight excluding hydrogens is 369 g/mol. The van der Waals surface area contributed by atoms with Crippen molar-refractivity contribution in [1.29, 1.82) is 0 Å². The zero-order valence-electron chi connectivity index (χ0n) is 16.5. The van der Waals surface area contributed by atoms with E-state index < -0.39 is 11.7 Å². The van der Waals surface area contributed by atoms with Gasteiger partial charge < -0.3 is 4.90 Å². The summed E-state index contributed by atoms with van der Waals surface area (Å²) in [6.07, 6.45) is -4.43. The molecule has 1 saturated heterocycles. The number of benzene rings is 1. The summed E-state index contributed by atoms with van der Waals surface area (Å²) in [4.78, 5) is 17.2. The van der Waals surface area contributed by atoms with Gasteiger partial charge in [-0.3, -0.25) is 9.69 Å². The highest BCUT2D eigenvalue weighted by Gasteiger charge is 2.31. The maximum absolute atomic E-state index is 13.1. The Morgan fingerprint density at radius 2 is 1.75 bits per heavy atom. The molecule has 0 unspecified atom stereocenters. The summed E-state index contributed by atoms with van der Waals surface area (Å²) in [5, 5.41) is 4.35. The van der Waals surface area contributed by atoms with Crippen LogP contribution in [0.1, 0.15) is 41.2 Å². The van der Waals surface area contributed by atoms with Gasteiger partial charge in [-0.15, -0.1) is 0 Å². The minimum absolute atomic E-state index is 0.114. The lowest BCUT2D eigenvalue weighted by Gasteiger charge is -2.37. The minimum atomic E-state index is -4.43. The van der Waals surface area contributed by atoms with Gasteiger partial charge in [0.2, 0.25) is 0 Å². The summed E-state index contributed by atoms with van der Waals surface area (Å²) in [5.41, 5.74) is 1.09. The maximum atomic E-state index is 13.1. The number of aromatic nitrogens is 2. The van der Waals surface area contributed by atoms with Crippen LogP contribution in [0.25, 0.3) is 5.69 Å². The van der Waals surface area contributed by atoms with Gasteiger partial charge in [0, 0.05) is 32.2 Å². The Labute approximate surface area is 162 Å². The first-order valence-corrected chi connectivity index (χ1v) is 9.36. The van der Waals surface area contributed by atoms with Crippen molar-refractivity contribution in [3.8, 4) is 5.69 Å². The van der Waals surface area contributed by atoms with Gasteiger partial charge in [-0.25, -0.2) is 4.68 Å². The molecule has 0 atom stereocenters. The Balaban J connectivity index is 1.88. The molecule has 0 radical (unpaired) electrons. The van der Waals surface area contributed by atoms with Crippen LogP contribution in [0.15, 0.2) is 24.3 Å². The van der Waals surface area contributed by atoms with Gasteiger partial charge in [-0.1, -0.05) is 6.07 Å². The third-order valence-corrected chi connectivity index (χ3v) is 5.25. The van der Waals surface area contributed by atoms with E-state index in [0.717, 1.165) is 25.2 Å². The largest absolute Gasteiger partial charge is 0.416 e. The smallest absolute Gasteiger partial charge is 0.336 e. The average molecular weight is 394 g/mol. The van der Waals surface area contributed by atoms with Crippen molar-refractivity contribution in [2.75, 3.05) is 26.2 Å². The molecule has 3 rings (SSSR count). The number of halogens is 3. The fourth-order valence-corrected chi connectivity index (χ4v) is 3.62. The number of rotatable bonds is 3. The highest BCUT2D eigenvalue weighted by molar-refractivity contribution is 5.96. The van der Waals surface area contributed by atoms with Crippen LogP contribution < -0.4 is 0 Å². The van der Waals surface area contributed by atoms with Crippen LogP contribution in [0.4, 0.5) is 13.2 Å². The van der Waals surface area contributed by atoms with Gasteiger partial charge in [0.15, 0.2) is 0 Å². The number of hydrogen-bond acceptors (Lipinski definition) is 3. The van der Waals surface area contributed by atoms with Crippen LogP contribution in [0.2, 0.25) is 0 Å². The summed E-state index contributed by atoms with van der Waals surface area (Å²) in [5.74, 6) is -0.114. The Hall–Kier alpha value is -2.35. The van der Waals surface area contributed by atoms with Gasteiger partial charge in [0.1, 0.15) is 0 Å². The second-order valence-electron chi connectivity index (χ2n) is 7.43. The van der Waals surface area contributed by atoms with E-state index in [4.69, 9.17) is 0 Å². The number of aryl methyl sites for hydroxylation is 1. The second-order valence-corrected chi connectivity index (χ2v) is 7.43. The molecule has 1 aromatic carbocycles. The minimum Gasteiger partial charge on any atom is -0.336 e. The molecule has 8 heteroatoms. The first-order valence-electron chi connectivity index (χ1n) is 9.36. The molecule has 5 nitrogen and oxygen atoms in total. The van der Waals surface area contributed by atoms with E-state index in [0.29, 0.717) is 41.8 Å². The predicted octanol–water partition coefficient (Wildman–Crippen LogP) is 3.67. The van der Waals surface area contributed by atoms with Crippen molar-refractivity contribution in [3.63, 3.8) is 0 Å². The standard InChI is InChI=1S/C20H25F3N4O/c1-13(2)25-8-10-26(11-9-25)19(28)18-14(3)24-27(15(18)4)17-7-5-6-16(12-17)20(21,22)23/h5-7,12-13H,8-11H2,1-4H3. The molecule has 1 aromatic heterocycles. The third kappa shape index (κ3) is 3.92. The summed E-state index contributed by atoms with van der Waals surface area (Å²) in [7, 11) is 0. The first-order chi connectivity index (χ1) is 13.1. The number of piperazine rings is 1. The molecule has 2 heterocycles. The first kappa shape index (κ1) is 20.4. The zero-order chi connectivity index (χ0) is 20.6. The molecule has 1 aliphatic rings. The van der Waals surface area contributed by atoms with Crippen molar-refractivity contribution in [2.45, 2.75) is 39.9 Å². The molecule has 1 fully saturated rings. The highest BCUT2D eigenvalue weighted by atomic mass is 19.4. The molecule has 28 heavy (non-hydrogen) atoms. The monoisotopic (exact) mass is 394 g/mol. The normalized spacial score (nSPS) is 16.1. The van der Waals surface area contributed by atoms with E-state index in [1.54, 1.807) is 24.8 Å². The molecule has 0 spiro atoms. The maximum Gasteiger partial charge on any atom is 0.416 e. The summed E-state index contributed by atoms with van der Waals surface area (Å²) >= 11 is 0. The predicted molar refractivity (Wildman–Crippen MR) is 101 cm³/mol. The van der Waals surface area contributed by atoms with E-state index in [-0.39, 0.29) is 5.91 Å². The fraction of sp³-hybridized carbons (Fsp3) is 0.500. The van der Waals surface area contributed by atoms with Gasteiger partial charge in [0.05, 0.1) is 28.2 Å². The molecule has 0 bridgehead atoms. The second kappa shape index (κ2) is 7.58. The van der Waals surface area contributed by atoms with E-state index in [2.05, 4.69) is 23.8 Å². The van der Waals surface area contributed by atoms with Crippen molar-refractivity contribution in [3.05, 3.63) is 46.8 Å². The number of alkyl halides is 3. The van der Waals surface area contributed by atoms with E-state index >= 15 is 0 Å². The van der Waals surface area contributed by atoms with Gasteiger partial charge >= 0.3 is 6.18 Å². The van der Waals surface area contributed by atoms with Crippen LogP contribution in [0.3, 0.4) is 0 Å². The van der Waals surface area contributed by atoms with Crippen molar-refractivity contribution in [1.82, 2.24) is 19.6 Å². The highest BCUT2D eigenvalue weighted by Crippen LogP contribution is 2.31. The molecule has 1 aliphatic heterocycles. The van der Waals surface area contributed by atoms with E-state index in [1.165, 1.54) is 10.7 Å². The fourth-order valence-electron chi connectivity index (χ4n) is 3.62. The van der Waals surface area contributed by atoms with E-state index in [1.807, 2.05) is 0 Å². The van der Waals surface area contributed by atoms with Crippen LogP contribution in [-0.4, -0.2) is 57.7 Å². The van der Waals surface area contributed by atoms with Crippen molar-refractivity contribution in [2.24, 2.45) is 0 Å². The number of carbonyl (C=O) groups is 1. The number of nitrogens with zero attached hydrogens (tertiary/aromatic N) is 4. The Morgan fingerprint density at radius 1 is 1.11 bits per heavy atom. The average Bonchev–Trinajstić information content (AvgIpc) is 2.95. The number of hydrogen-bond donors (Lipinski definition) is 0. The molecule has 0 aliphatic carbocycles. The van der Waals surface area contributed by atoms with Crippen LogP contribution >= 0.6 is 0 Å². The van der Waals surface area contributed by atoms with E-state index in [9.17, 15) is 18.0 Å². The van der Waals surface area contributed by atoms with Crippen LogP contribution in [0, 0.1) is 13.8 Å². The van der Waals surface area contributed by atoms with Gasteiger partial charge in [0.25, 0.3) is 5.91 Å². The SMILES string of the molecule is Cc1nn(-c2cccc(C(F)(F)F)c2)c(C)c1C(=O)N1CCN(C(C)C)CC1. The molecule has 2 aromatic rings. The topological polar surface area (TPSA) is 41.4 Å².